The van der Waals surface area contributed by atoms with Gasteiger partial charge in [0.25, 0.3) is 12.4 Å². The topological polar surface area (TPSA) is 113 Å². The summed E-state index contributed by atoms with van der Waals surface area (Å²) in [7, 11) is 0. The van der Waals surface area contributed by atoms with E-state index >= 15 is 0 Å². The molecule has 1 aliphatic rings. The molecule has 3 aromatic rings. The second-order valence-corrected chi connectivity index (χ2v) is 7.70. The van der Waals surface area contributed by atoms with Gasteiger partial charge in [0, 0.05) is 24.5 Å². The van der Waals surface area contributed by atoms with Gasteiger partial charge in [0.2, 0.25) is 0 Å². The van der Waals surface area contributed by atoms with Crippen molar-refractivity contribution in [2.24, 2.45) is 5.92 Å². The molecule has 11 heteroatoms. The number of benzene rings is 1. The largest absolute Gasteiger partial charge is 0.489 e. The number of aromatic nitrogens is 3. The number of hydrogen-bond donors (Lipinski definition) is 1. The summed E-state index contributed by atoms with van der Waals surface area (Å²) >= 11 is 0. The van der Waals surface area contributed by atoms with E-state index < -0.39 is 6.61 Å². The molecule has 2 heterocycles. The highest BCUT2D eigenvalue weighted by molar-refractivity contribution is 5.93. The van der Waals surface area contributed by atoms with Crippen molar-refractivity contribution in [3.8, 4) is 22.8 Å². The number of hydrogen-bond acceptors (Lipinski definition) is 8. The normalized spacial score (nSPS) is 12.2. The molecule has 190 valence electrons. The molecule has 4 rings (SSSR count). The Morgan fingerprint density at radius 2 is 2.00 bits per heavy atom. The van der Waals surface area contributed by atoms with Crippen LogP contribution >= 0.6 is 0 Å². The van der Waals surface area contributed by atoms with E-state index in [4.69, 9.17) is 4.74 Å². The molecule has 1 N–H and O–H groups in total. The first-order valence-electron chi connectivity index (χ1n) is 11.3. The molecule has 0 aliphatic heterocycles. The number of halogens is 2. The lowest BCUT2D eigenvalue weighted by atomic mass is 10.1. The van der Waals surface area contributed by atoms with Crippen LogP contribution in [0.2, 0.25) is 0 Å². The molecule has 1 amide bonds. The second kappa shape index (κ2) is 13.7. The van der Waals surface area contributed by atoms with Crippen LogP contribution in [0.3, 0.4) is 0 Å². The van der Waals surface area contributed by atoms with E-state index in [9.17, 15) is 18.4 Å². The molecule has 0 atom stereocenters. The van der Waals surface area contributed by atoms with Crippen LogP contribution in [-0.4, -0.2) is 47.1 Å². The lowest BCUT2D eigenvalue weighted by molar-refractivity contribution is -0.129. The van der Waals surface area contributed by atoms with Gasteiger partial charge in [0.15, 0.2) is 11.5 Å². The van der Waals surface area contributed by atoms with Gasteiger partial charge in [0.1, 0.15) is 6.61 Å². The third-order valence-corrected chi connectivity index (χ3v) is 4.87. The zero-order chi connectivity index (χ0) is 25.8. The Bertz CT molecular complexity index is 1130. The Kier molecular flexibility index (Phi) is 10.0. The molecule has 36 heavy (non-hydrogen) atoms. The summed E-state index contributed by atoms with van der Waals surface area (Å²) in [5.41, 5.74) is 2.21. The number of carbonyl (C=O) groups is 2. The third kappa shape index (κ3) is 8.57. The number of ether oxygens (including phenoxy) is 3. The molecular formula is C25H26F2N4O5. The van der Waals surface area contributed by atoms with E-state index in [0.717, 1.165) is 12.8 Å². The van der Waals surface area contributed by atoms with Crippen molar-refractivity contribution < 1.29 is 32.6 Å². The van der Waals surface area contributed by atoms with Gasteiger partial charge in [-0.25, -0.2) is 4.98 Å². The molecule has 1 saturated carbocycles. The smallest absolute Gasteiger partial charge is 0.387 e. The van der Waals surface area contributed by atoms with E-state index in [1.165, 1.54) is 18.5 Å². The van der Waals surface area contributed by atoms with Crippen molar-refractivity contribution in [2.45, 2.75) is 33.0 Å². The minimum absolute atomic E-state index is 0.00194. The minimum atomic E-state index is -2.93. The standard InChI is InChI=1S/C17H16F2N2O4.C8H10N2O/c18-17(19)25-15-4-3-12(5-16(15)24-8-11-1-2-11)14-7-20-6-13(21-14)9-23-10-22;1-2-10-8(11)7-4-3-5-9-6-7/h3-7,10-11,17H,1-2,8-9H2;3-6H,2H2,1H3,(H,10,11). The number of nitrogens with zero attached hydrogens (tertiary/aromatic N) is 3. The molecule has 2 aromatic heterocycles. The fourth-order valence-electron chi connectivity index (χ4n) is 2.96. The summed E-state index contributed by atoms with van der Waals surface area (Å²) in [6, 6.07) is 8.08. The summed E-state index contributed by atoms with van der Waals surface area (Å²) in [5, 5.41) is 2.68. The highest BCUT2D eigenvalue weighted by Crippen LogP contribution is 2.36. The van der Waals surface area contributed by atoms with Gasteiger partial charge in [-0.1, -0.05) is 0 Å². The Labute approximate surface area is 206 Å². The second-order valence-electron chi connectivity index (χ2n) is 7.70. The summed E-state index contributed by atoms with van der Waals surface area (Å²) in [4.78, 5) is 33.6. The Hall–Kier alpha value is -4.15. The van der Waals surface area contributed by atoms with Crippen molar-refractivity contribution in [1.82, 2.24) is 20.3 Å². The summed E-state index contributed by atoms with van der Waals surface area (Å²) in [5.74, 6) is 0.612. The number of pyridine rings is 1. The van der Waals surface area contributed by atoms with Crippen molar-refractivity contribution in [2.75, 3.05) is 13.2 Å². The van der Waals surface area contributed by atoms with Gasteiger partial charge >= 0.3 is 6.61 Å². The lowest BCUT2D eigenvalue weighted by Crippen LogP contribution is -2.22. The Balaban J connectivity index is 0.000000275. The number of nitrogens with one attached hydrogen (secondary N) is 1. The zero-order valence-corrected chi connectivity index (χ0v) is 19.6. The molecular weight excluding hydrogens is 474 g/mol. The van der Waals surface area contributed by atoms with Gasteiger partial charge in [-0.2, -0.15) is 8.78 Å². The van der Waals surface area contributed by atoms with Crippen molar-refractivity contribution >= 4 is 12.4 Å². The summed E-state index contributed by atoms with van der Waals surface area (Å²) in [6.45, 7) is 0.387. The van der Waals surface area contributed by atoms with Crippen LogP contribution in [0.1, 0.15) is 35.8 Å². The average molecular weight is 501 g/mol. The summed E-state index contributed by atoms with van der Waals surface area (Å²) < 4.78 is 39.9. The molecule has 9 nitrogen and oxygen atoms in total. The first-order valence-corrected chi connectivity index (χ1v) is 11.3. The predicted molar refractivity (Wildman–Crippen MR) is 125 cm³/mol. The number of alkyl halides is 2. The van der Waals surface area contributed by atoms with E-state index in [2.05, 4.69) is 29.7 Å². The molecule has 0 saturated heterocycles. The van der Waals surface area contributed by atoms with Gasteiger partial charge in [-0.05, 0) is 56.0 Å². The fraction of sp³-hybridized carbons (Fsp3) is 0.320. The molecule has 0 bridgehead atoms. The average Bonchev–Trinajstić information content (AvgIpc) is 3.72. The van der Waals surface area contributed by atoms with E-state index in [1.807, 2.05) is 6.92 Å². The predicted octanol–water partition coefficient (Wildman–Crippen LogP) is 4.04. The lowest BCUT2D eigenvalue weighted by Gasteiger charge is -2.13. The monoisotopic (exact) mass is 500 g/mol. The van der Waals surface area contributed by atoms with Crippen LogP contribution in [0.15, 0.2) is 55.1 Å². The molecule has 1 aromatic carbocycles. The van der Waals surface area contributed by atoms with Gasteiger partial charge in [-0.3, -0.25) is 19.6 Å². The van der Waals surface area contributed by atoms with Crippen LogP contribution in [-0.2, 0) is 16.1 Å². The van der Waals surface area contributed by atoms with Crippen LogP contribution in [0.4, 0.5) is 8.78 Å². The zero-order valence-electron chi connectivity index (χ0n) is 19.6. The molecule has 1 fully saturated rings. The Morgan fingerprint density at radius 1 is 1.17 bits per heavy atom. The molecule has 0 unspecified atom stereocenters. The van der Waals surface area contributed by atoms with Gasteiger partial charge in [-0.15, -0.1) is 0 Å². The highest BCUT2D eigenvalue weighted by Gasteiger charge is 2.23. The number of amides is 1. The maximum absolute atomic E-state index is 12.6. The molecule has 0 spiro atoms. The van der Waals surface area contributed by atoms with Crippen LogP contribution in [0.5, 0.6) is 11.5 Å². The van der Waals surface area contributed by atoms with E-state index in [0.29, 0.717) is 48.1 Å². The SMILES string of the molecule is CCNC(=O)c1cccnc1.O=COCc1cncc(-c2ccc(OC(F)F)c(OCC3CC3)c2)n1. The van der Waals surface area contributed by atoms with Crippen molar-refractivity contribution in [3.63, 3.8) is 0 Å². The maximum atomic E-state index is 12.6. The third-order valence-electron chi connectivity index (χ3n) is 4.87. The van der Waals surface area contributed by atoms with Crippen molar-refractivity contribution in [1.29, 1.82) is 0 Å². The van der Waals surface area contributed by atoms with Crippen LogP contribution < -0.4 is 14.8 Å². The van der Waals surface area contributed by atoms with Crippen molar-refractivity contribution in [3.05, 3.63) is 66.4 Å². The van der Waals surface area contributed by atoms with Crippen LogP contribution in [0, 0.1) is 5.92 Å². The first kappa shape index (κ1) is 26.5. The van der Waals surface area contributed by atoms with E-state index in [-0.39, 0.29) is 24.0 Å². The minimum Gasteiger partial charge on any atom is -0.489 e. The fourth-order valence-corrected chi connectivity index (χ4v) is 2.96. The number of carbonyl (C=O) groups excluding carboxylic acids is 2. The van der Waals surface area contributed by atoms with Gasteiger partial charge < -0.3 is 19.5 Å². The molecule has 1 aliphatic carbocycles. The quantitative estimate of drug-likeness (QED) is 0.393. The maximum Gasteiger partial charge on any atom is 0.387 e. The Morgan fingerprint density at radius 3 is 2.67 bits per heavy atom. The highest BCUT2D eigenvalue weighted by atomic mass is 19.3. The first-order chi connectivity index (χ1) is 17.5. The van der Waals surface area contributed by atoms with Gasteiger partial charge in [0.05, 0.1) is 36.0 Å². The molecule has 0 radical (unpaired) electrons. The van der Waals surface area contributed by atoms with Crippen LogP contribution in [0.25, 0.3) is 11.3 Å². The summed E-state index contributed by atoms with van der Waals surface area (Å²) in [6.07, 6.45) is 8.35. The number of rotatable bonds is 11. The van der Waals surface area contributed by atoms with E-state index in [1.54, 1.807) is 36.7 Å².